The molecule has 0 radical (unpaired) electrons. The van der Waals surface area contributed by atoms with Crippen molar-refractivity contribution in [2.75, 3.05) is 19.6 Å². The highest BCUT2D eigenvalue weighted by Gasteiger charge is 2.43. The molecule has 8 heteroatoms. The third kappa shape index (κ3) is 4.07. The molecule has 3 heterocycles. The van der Waals surface area contributed by atoms with Gasteiger partial charge in [-0.2, -0.15) is 0 Å². The fourth-order valence-corrected chi connectivity index (χ4v) is 5.03. The zero-order chi connectivity index (χ0) is 24.2. The highest BCUT2D eigenvalue weighted by atomic mass is 19.3. The Hall–Kier alpha value is -2.58. The molecule has 0 bridgehead atoms. The summed E-state index contributed by atoms with van der Waals surface area (Å²) in [5.74, 6) is -4.48. The Balaban J connectivity index is 1.65. The second-order valence-electron chi connectivity index (χ2n) is 9.60. The first-order chi connectivity index (χ1) is 16.2. The number of hydrogen-bond acceptors (Lipinski definition) is 3. The molecule has 0 aliphatic carbocycles. The number of hydrogen-bond donors (Lipinski definition) is 2. The summed E-state index contributed by atoms with van der Waals surface area (Å²) in [6, 6.07) is 6.88. The van der Waals surface area contributed by atoms with E-state index in [0.717, 1.165) is 22.0 Å². The maximum absolute atomic E-state index is 15.5. The van der Waals surface area contributed by atoms with Gasteiger partial charge < -0.3 is 15.0 Å². The van der Waals surface area contributed by atoms with Crippen molar-refractivity contribution in [3.05, 3.63) is 64.4 Å². The normalized spacial score (nSPS) is 21.5. The van der Waals surface area contributed by atoms with Crippen LogP contribution >= 0.6 is 0 Å². The van der Waals surface area contributed by atoms with Gasteiger partial charge in [0, 0.05) is 59.8 Å². The van der Waals surface area contributed by atoms with Crippen LogP contribution < -0.4 is 10.1 Å². The lowest BCUT2D eigenvalue weighted by molar-refractivity contribution is -0.0551. The summed E-state index contributed by atoms with van der Waals surface area (Å²) in [4.78, 5) is 4.84. The van der Waals surface area contributed by atoms with Gasteiger partial charge in [-0.05, 0) is 38.0 Å². The van der Waals surface area contributed by atoms with Gasteiger partial charge in [-0.1, -0.05) is 18.6 Å². The Morgan fingerprint density at radius 3 is 2.44 bits per heavy atom. The van der Waals surface area contributed by atoms with Crippen LogP contribution in [0.3, 0.4) is 0 Å². The van der Waals surface area contributed by atoms with Crippen molar-refractivity contribution in [3.63, 3.8) is 0 Å². The van der Waals surface area contributed by atoms with Crippen LogP contribution in [0.4, 0.5) is 17.6 Å². The lowest BCUT2D eigenvalue weighted by Gasteiger charge is -2.42. The van der Waals surface area contributed by atoms with E-state index in [0.29, 0.717) is 25.2 Å². The molecule has 0 saturated carbocycles. The summed E-state index contributed by atoms with van der Waals surface area (Å²) in [6.45, 7) is 5.88. The first kappa shape index (κ1) is 23.2. The minimum absolute atomic E-state index is 0.104. The van der Waals surface area contributed by atoms with Gasteiger partial charge in [0.05, 0.1) is 12.6 Å². The minimum atomic E-state index is -2.99. The van der Waals surface area contributed by atoms with Gasteiger partial charge in [0.25, 0.3) is 5.92 Å². The lowest BCUT2D eigenvalue weighted by atomic mass is 9.87. The smallest absolute Gasteiger partial charge is 0.260 e. The maximum Gasteiger partial charge on any atom is 0.260 e. The van der Waals surface area contributed by atoms with Crippen LogP contribution in [0.5, 0.6) is 5.75 Å². The number of benzene rings is 2. The van der Waals surface area contributed by atoms with E-state index in [4.69, 9.17) is 4.74 Å². The van der Waals surface area contributed by atoms with E-state index in [2.05, 4.69) is 10.3 Å². The molecule has 5 rings (SSSR count). The van der Waals surface area contributed by atoms with Gasteiger partial charge in [0.2, 0.25) is 0 Å². The second-order valence-corrected chi connectivity index (χ2v) is 9.60. The van der Waals surface area contributed by atoms with Crippen LogP contribution in [-0.4, -0.2) is 47.6 Å². The van der Waals surface area contributed by atoms with E-state index < -0.39 is 30.1 Å². The average molecular weight is 476 g/mol. The zero-order valence-electron chi connectivity index (χ0n) is 19.5. The fraction of sp³-hybridized carbons (Fsp3) is 0.462. The van der Waals surface area contributed by atoms with E-state index in [1.54, 1.807) is 0 Å². The summed E-state index contributed by atoms with van der Waals surface area (Å²) >= 11 is 0. The summed E-state index contributed by atoms with van der Waals surface area (Å²) in [6.07, 6.45) is 0.0194. The van der Waals surface area contributed by atoms with Crippen molar-refractivity contribution in [1.82, 2.24) is 15.2 Å². The van der Waals surface area contributed by atoms with Crippen LogP contribution in [0.25, 0.3) is 10.9 Å². The van der Waals surface area contributed by atoms with E-state index in [-0.39, 0.29) is 29.9 Å². The van der Waals surface area contributed by atoms with Crippen LogP contribution in [0.2, 0.25) is 0 Å². The number of aromatic amines is 1. The highest BCUT2D eigenvalue weighted by Crippen LogP contribution is 2.44. The SMILES string of the molecule is CCC(F)(F)CN1[C@H](c2c(F)cc(OC3CNC3)cc2F)c2[nH]c3ccc(C)cc3c2C[C@H]1C. The van der Waals surface area contributed by atoms with Crippen molar-refractivity contribution in [2.24, 2.45) is 0 Å². The number of nitrogens with one attached hydrogen (secondary N) is 2. The molecule has 0 amide bonds. The maximum atomic E-state index is 15.5. The first-order valence-corrected chi connectivity index (χ1v) is 11.8. The standard InChI is InChI=1S/C26H29F4N3O/c1-4-26(29,30)13-33-15(3)8-19-18-7-14(2)5-6-22(18)32-24(19)25(33)23-20(27)9-16(10-21(23)28)34-17-11-31-12-17/h5-7,9-10,15,17,25,31-32H,4,8,11-13H2,1-3H3/t15-,25-/m1/s1. The molecule has 0 unspecified atom stereocenters. The largest absolute Gasteiger partial charge is 0.488 e. The van der Waals surface area contributed by atoms with Crippen molar-refractivity contribution in [2.45, 2.75) is 57.7 Å². The third-order valence-corrected chi connectivity index (χ3v) is 7.07. The van der Waals surface area contributed by atoms with Crippen molar-refractivity contribution < 1.29 is 22.3 Å². The molecule has 2 aliphatic rings. The molecule has 182 valence electrons. The summed E-state index contributed by atoms with van der Waals surface area (Å²) in [5, 5.41) is 4.01. The van der Waals surface area contributed by atoms with Gasteiger partial charge >= 0.3 is 0 Å². The first-order valence-electron chi connectivity index (χ1n) is 11.8. The number of aromatic nitrogens is 1. The van der Waals surface area contributed by atoms with E-state index in [9.17, 15) is 8.78 Å². The number of nitrogens with zero attached hydrogens (tertiary/aromatic N) is 1. The Morgan fingerprint density at radius 2 is 1.82 bits per heavy atom. The molecule has 1 saturated heterocycles. The summed E-state index contributed by atoms with van der Waals surface area (Å²) in [7, 11) is 0. The molecule has 3 aromatic rings. The molecule has 2 aromatic carbocycles. The lowest BCUT2D eigenvalue weighted by Crippen LogP contribution is -2.50. The van der Waals surface area contributed by atoms with Crippen molar-refractivity contribution >= 4 is 10.9 Å². The van der Waals surface area contributed by atoms with Gasteiger partial charge in [-0.25, -0.2) is 17.6 Å². The Labute approximate surface area is 196 Å². The molecular formula is C26H29F4N3O. The van der Waals surface area contributed by atoms with Crippen LogP contribution in [0.1, 0.15) is 48.7 Å². The number of fused-ring (bicyclic) bond motifs is 3. The third-order valence-electron chi connectivity index (χ3n) is 7.07. The second kappa shape index (κ2) is 8.57. The van der Waals surface area contributed by atoms with Crippen LogP contribution in [-0.2, 0) is 6.42 Å². The highest BCUT2D eigenvalue weighted by molar-refractivity contribution is 5.86. The number of ether oxygens (including phenoxy) is 1. The van der Waals surface area contributed by atoms with E-state index in [1.807, 2.05) is 32.0 Å². The fourth-order valence-electron chi connectivity index (χ4n) is 5.03. The van der Waals surface area contributed by atoms with Crippen molar-refractivity contribution in [1.29, 1.82) is 0 Å². The van der Waals surface area contributed by atoms with Gasteiger partial charge in [-0.3, -0.25) is 4.90 Å². The Morgan fingerprint density at radius 1 is 1.12 bits per heavy atom. The van der Waals surface area contributed by atoms with Crippen LogP contribution in [0.15, 0.2) is 30.3 Å². The molecule has 0 spiro atoms. The predicted octanol–water partition coefficient (Wildman–Crippen LogP) is 5.49. The average Bonchev–Trinajstić information content (AvgIpc) is 3.09. The van der Waals surface area contributed by atoms with Crippen molar-refractivity contribution in [3.8, 4) is 5.75 Å². The molecule has 1 aromatic heterocycles. The number of halogens is 4. The molecular weight excluding hydrogens is 446 g/mol. The molecule has 2 N–H and O–H groups in total. The Kier molecular flexibility index (Phi) is 5.84. The quantitative estimate of drug-likeness (QED) is 0.464. The van der Waals surface area contributed by atoms with Crippen LogP contribution in [0, 0.1) is 18.6 Å². The topological polar surface area (TPSA) is 40.3 Å². The molecule has 34 heavy (non-hydrogen) atoms. The number of alkyl halides is 2. The van der Waals surface area contributed by atoms with Gasteiger partial charge in [0.15, 0.2) is 0 Å². The Bertz CT molecular complexity index is 1200. The monoisotopic (exact) mass is 475 g/mol. The molecule has 1 fully saturated rings. The minimum Gasteiger partial charge on any atom is -0.488 e. The number of H-pyrrole nitrogens is 1. The van der Waals surface area contributed by atoms with Gasteiger partial charge in [0.1, 0.15) is 23.5 Å². The summed E-state index contributed by atoms with van der Waals surface area (Å²) < 4.78 is 66.0. The molecule has 2 aliphatic heterocycles. The van der Waals surface area contributed by atoms with E-state index in [1.165, 1.54) is 24.0 Å². The zero-order valence-corrected chi connectivity index (χ0v) is 19.5. The number of aryl methyl sites for hydroxylation is 1. The summed E-state index contributed by atoms with van der Waals surface area (Å²) in [5.41, 5.74) is 3.15. The molecule has 4 nitrogen and oxygen atoms in total. The van der Waals surface area contributed by atoms with E-state index >= 15 is 8.78 Å². The number of rotatable bonds is 6. The molecule has 2 atom stereocenters. The van der Waals surface area contributed by atoms with Gasteiger partial charge in [-0.15, -0.1) is 0 Å². The predicted molar refractivity (Wildman–Crippen MR) is 124 cm³/mol.